The molecule has 1 aliphatic carbocycles. The molecule has 4 N–H and O–H groups in total. The molecule has 0 aromatic heterocycles. The molecular weight excluding hydrogens is 350 g/mol. The smallest absolute Gasteiger partial charge is 0.241 e. The second kappa shape index (κ2) is 8.29. The summed E-state index contributed by atoms with van der Waals surface area (Å²) in [6.07, 6.45) is 4.04. The lowest BCUT2D eigenvalue weighted by Gasteiger charge is -2.32. The lowest BCUT2D eigenvalue weighted by atomic mass is 9.84. The Kier molecular flexibility index (Phi) is 6.62. The number of halogens is 1. The van der Waals surface area contributed by atoms with Crippen molar-refractivity contribution in [3.8, 4) is 0 Å². The number of benzene rings is 1. The fourth-order valence-corrected chi connectivity index (χ4v) is 4.28. The Hall–Kier alpha value is -1.15. The van der Waals surface area contributed by atoms with Gasteiger partial charge in [-0.3, -0.25) is 4.79 Å². The zero-order valence-electron chi connectivity index (χ0n) is 13.7. The van der Waals surface area contributed by atoms with E-state index in [1.807, 2.05) is 0 Å². The van der Waals surface area contributed by atoms with Gasteiger partial charge in [-0.15, -0.1) is 0 Å². The van der Waals surface area contributed by atoms with Gasteiger partial charge in [0.1, 0.15) is 0 Å². The third-order valence-corrected chi connectivity index (χ3v) is 6.20. The van der Waals surface area contributed by atoms with Crippen LogP contribution in [-0.4, -0.2) is 33.0 Å². The molecule has 1 saturated carbocycles. The van der Waals surface area contributed by atoms with Crippen molar-refractivity contribution in [3.63, 3.8) is 0 Å². The SMILES string of the molecule is CC(NS(=O)(=O)c1ccc(Cl)cc1)C(=O)NC1CCCCC1CN. The van der Waals surface area contributed by atoms with Crippen LogP contribution in [0.3, 0.4) is 0 Å². The lowest BCUT2D eigenvalue weighted by molar-refractivity contribution is -0.123. The molecule has 1 fully saturated rings. The van der Waals surface area contributed by atoms with Crippen molar-refractivity contribution >= 4 is 27.5 Å². The fourth-order valence-electron chi connectivity index (χ4n) is 2.96. The molecule has 0 saturated heterocycles. The number of sulfonamides is 1. The molecule has 3 atom stereocenters. The summed E-state index contributed by atoms with van der Waals surface area (Å²) in [6, 6.07) is 4.94. The summed E-state index contributed by atoms with van der Waals surface area (Å²) in [5, 5.41) is 3.38. The molecule has 3 unspecified atom stereocenters. The quantitative estimate of drug-likeness (QED) is 0.705. The summed E-state index contributed by atoms with van der Waals surface area (Å²) >= 11 is 5.76. The van der Waals surface area contributed by atoms with Gasteiger partial charge in [0, 0.05) is 11.1 Å². The number of carbonyl (C=O) groups excluding carboxylic acids is 1. The van der Waals surface area contributed by atoms with Crippen molar-refractivity contribution in [2.45, 2.75) is 49.6 Å². The van der Waals surface area contributed by atoms with E-state index in [4.69, 9.17) is 17.3 Å². The Bertz CT molecular complexity index is 664. The first-order valence-electron chi connectivity index (χ1n) is 8.12. The van der Waals surface area contributed by atoms with Gasteiger partial charge in [-0.2, -0.15) is 4.72 Å². The first-order valence-corrected chi connectivity index (χ1v) is 9.98. The van der Waals surface area contributed by atoms with E-state index in [-0.39, 0.29) is 22.8 Å². The Morgan fingerprint density at radius 3 is 2.54 bits per heavy atom. The molecule has 1 aromatic rings. The van der Waals surface area contributed by atoms with Crippen LogP contribution in [0.15, 0.2) is 29.2 Å². The first kappa shape index (κ1) is 19.2. The van der Waals surface area contributed by atoms with E-state index in [1.165, 1.54) is 31.2 Å². The van der Waals surface area contributed by atoms with Crippen LogP contribution in [0.2, 0.25) is 5.02 Å². The zero-order chi connectivity index (χ0) is 17.7. The highest BCUT2D eigenvalue weighted by Crippen LogP contribution is 2.23. The molecule has 1 aromatic carbocycles. The molecule has 6 nitrogen and oxygen atoms in total. The van der Waals surface area contributed by atoms with Crippen LogP contribution in [-0.2, 0) is 14.8 Å². The summed E-state index contributed by atoms with van der Waals surface area (Å²) in [5.74, 6) is -0.0827. The molecule has 24 heavy (non-hydrogen) atoms. The normalized spacial score (nSPS) is 22.8. The highest BCUT2D eigenvalue weighted by molar-refractivity contribution is 7.89. The molecular formula is C16H24ClN3O3S. The van der Waals surface area contributed by atoms with Gasteiger partial charge in [-0.25, -0.2) is 8.42 Å². The number of amides is 1. The predicted octanol–water partition coefficient (Wildman–Crippen LogP) is 1.64. The van der Waals surface area contributed by atoms with Gasteiger partial charge in [-0.1, -0.05) is 24.4 Å². The number of rotatable bonds is 6. The second-order valence-electron chi connectivity index (χ2n) is 6.19. The maximum absolute atomic E-state index is 12.3. The van der Waals surface area contributed by atoms with Gasteiger partial charge in [0.25, 0.3) is 0 Å². The van der Waals surface area contributed by atoms with Gasteiger partial charge in [-0.05, 0) is 56.5 Å². The molecule has 2 rings (SSSR count). The van der Waals surface area contributed by atoms with Gasteiger partial charge >= 0.3 is 0 Å². The molecule has 0 spiro atoms. The van der Waals surface area contributed by atoms with Gasteiger partial charge in [0.15, 0.2) is 0 Å². The maximum atomic E-state index is 12.3. The van der Waals surface area contributed by atoms with E-state index in [2.05, 4.69) is 10.0 Å². The third-order valence-electron chi connectivity index (χ3n) is 4.39. The van der Waals surface area contributed by atoms with Crippen LogP contribution in [0.5, 0.6) is 0 Å². The predicted molar refractivity (Wildman–Crippen MR) is 94.2 cm³/mol. The van der Waals surface area contributed by atoms with E-state index in [1.54, 1.807) is 0 Å². The van der Waals surface area contributed by atoms with Crippen LogP contribution in [0.1, 0.15) is 32.6 Å². The number of hydrogen-bond acceptors (Lipinski definition) is 4. The largest absolute Gasteiger partial charge is 0.352 e. The summed E-state index contributed by atoms with van der Waals surface area (Å²) in [4.78, 5) is 12.4. The van der Waals surface area contributed by atoms with Crippen molar-refractivity contribution < 1.29 is 13.2 Å². The number of nitrogens with two attached hydrogens (primary N) is 1. The van der Waals surface area contributed by atoms with Crippen LogP contribution < -0.4 is 15.8 Å². The average Bonchev–Trinajstić information content (AvgIpc) is 2.55. The van der Waals surface area contributed by atoms with E-state index < -0.39 is 16.1 Å². The van der Waals surface area contributed by atoms with Crippen LogP contribution >= 0.6 is 11.6 Å². The Balaban J connectivity index is 1.98. The van der Waals surface area contributed by atoms with Crippen LogP contribution in [0.4, 0.5) is 0 Å². The zero-order valence-corrected chi connectivity index (χ0v) is 15.2. The first-order chi connectivity index (χ1) is 11.3. The fraction of sp³-hybridized carbons (Fsp3) is 0.562. The number of carbonyl (C=O) groups is 1. The number of nitrogens with one attached hydrogen (secondary N) is 2. The van der Waals surface area contributed by atoms with E-state index in [0.29, 0.717) is 11.6 Å². The molecule has 1 amide bonds. The molecule has 0 heterocycles. The summed E-state index contributed by atoms with van der Waals surface area (Å²) in [5.41, 5.74) is 5.76. The molecule has 0 bridgehead atoms. The van der Waals surface area contributed by atoms with E-state index in [0.717, 1.165) is 25.7 Å². The van der Waals surface area contributed by atoms with Crippen molar-refractivity contribution in [3.05, 3.63) is 29.3 Å². The van der Waals surface area contributed by atoms with Gasteiger partial charge < -0.3 is 11.1 Å². The van der Waals surface area contributed by atoms with Crippen molar-refractivity contribution in [1.82, 2.24) is 10.0 Å². The minimum absolute atomic E-state index is 0.0127. The Morgan fingerprint density at radius 2 is 1.92 bits per heavy atom. The van der Waals surface area contributed by atoms with Crippen molar-refractivity contribution in [1.29, 1.82) is 0 Å². The monoisotopic (exact) mass is 373 g/mol. The maximum Gasteiger partial charge on any atom is 0.241 e. The minimum atomic E-state index is -3.78. The van der Waals surface area contributed by atoms with Gasteiger partial charge in [0.05, 0.1) is 10.9 Å². The Labute approximate surface area is 148 Å². The van der Waals surface area contributed by atoms with E-state index in [9.17, 15) is 13.2 Å². The summed E-state index contributed by atoms with van der Waals surface area (Å²) < 4.78 is 27.0. The number of hydrogen-bond donors (Lipinski definition) is 3. The standard InChI is InChI=1S/C16H24ClN3O3S/c1-11(16(21)19-15-5-3-2-4-12(15)10-18)20-24(22,23)14-8-6-13(17)7-9-14/h6-9,11-12,15,20H,2-5,10,18H2,1H3,(H,19,21). The molecule has 1 aliphatic rings. The van der Waals surface area contributed by atoms with Crippen LogP contribution in [0, 0.1) is 5.92 Å². The molecule has 0 radical (unpaired) electrons. The average molecular weight is 374 g/mol. The lowest BCUT2D eigenvalue weighted by Crippen LogP contribution is -2.51. The highest BCUT2D eigenvalue weighted by atomic mass is 35.5. The van der Waals surface area contributed by atoms with Gasteiger partial charge in [0.2, 0.25) is 15.9 Å². The summed E-state index contributed by atoms with van der Waals surface area (Å²) in [7, 11) is -3.78. The van der Waals surface area contributed by atoms with E-state index >= 15 is 0 Å². The molecule has 8 heteroatoms. The molecule has 0 aliphatic heterocycles. The van der Waals surface area contributed by atoms with Crippen molar-refractivity contribution in [2.75, 3.05) is 6.54 Å². The highest BCUT2D eigenvalue weighted by Gasteiger charge is 2.28. The second-order valence-corrected chi connectivity index (χ2v) is 8.34. The Morgan fingerprint density at radius 1 is 1.29 bits per heavy atom. The molecule has 134 valence electrons. The third kappa shape index (κ3) is 4.92. The van der Waals surface area contributed by atoms with Crippen LogP contribution in [0.25, 0.3) is 0 Å². The summed E-state index contributed by atoms with van der Waals surface area (Å²) in [6.45, 7) is 2.05. The van der Waals surface area contributed by atoms with Crippen molar-refractivity contribution in [2.24, 2.45) is 11.7 Å². The minimum Gasteiger partial charge on any atom is -0.352 e. The topological polar surface area (TPSA) is 101 Å².